The molecule has 1 aliphatic carbocycles. The molecule has 1 aromatic heterocycles. The van der Waals surface area contributed by atoms with Gasteiger partial charge >= 0.3 is 0 Å². The molecule has 2 fully saturated rings. The molecule has 6 rings (SSSR count). The van der Waals surface area contributed by atoms with Gasteiger partial charge in [0.1, 0.15) is 6.07 Å². The fraction of sp³-hybridized carbons (Fsp3) is 0.407. The van der Waals surface area contributed by atoms with Crippen molar-refractivity contribution in [2.24, 2.45) is 0 Å². The van der Waals surface area contributed by atoms with Gasteiger partial charge in [-0.05, 0) is 54.8 Å². The number of β-amino-alcohol motifs (C(OH)–C–C–N with tert-alkyl or cyclic N) is 1. The van der Waals surface area contributed by atoms with Crippen LogP contribution in [0.15, 0.2) is 65.2 Å². The molecule has 0 bridgehead atoms. The highest BCUT2D eigenvalue weighted by atomic mass is 16.3. The molecule has 3 aliphatic heterocycles. The van der Waals surface area contributed by atoms with Gasteiger partial charge in [-0.3, -0.25) is 4.98 Å². The van der Waals surface area contributed by atoms with Gasteiger partial charge in [-0.1, -0.05) is 6.08 Å². The summed E-state index contributed by atoms with van der Waals surface area (Å²) in [5, 5.41) is 24.1. The molecule has 1 aromatic carbocycles. The standard InChI is InChI=1S/C27H30N6O/c1-18-14-32(25-7-4-19(12-28)27-24(25)3-2-8-30-27)17-26-23-6-5-21(11-20(23)15-33(18)26)31-10-9-29-13-22(34)16-31/h2-5,7-8,11,18,22,29,34H,6,9-10,13-17H2,1H3/t18-,22+/m1/s1. The van der Waals surface area contributed by atoms with Gasteiger partial charge in [0, 0.05) is 74.0 Å². The highest BCUT2D eigenvalue weighted by Crippen LogP contribution is 2.40. The minimum Gasteiger partial charge on any atom is -0.390 e. The third-order valence-corrected chi connectivity index (χ3v) is 7.56. The lowest BCUT2D eigenvalue weighted by Crippen LogP contribution is -2.49. The van der Waals surface area contributed by atoms with Crippen molar-refractivity contribution in [1.29, 1.82) is 5.26 Å². The molecule has 2 aromatic rings. The van der Waals surface area contributed by atoms with Crippen molar-refractivity contribution in [3.05, 3.63) is 70.7 Å². The van der Waals surface area contributed by atoms with Crippen molar-refractivity contribution >= 4 is 16.6 Å². The second-order valence-electron chi connectivity index (χ2n) is 9.73. The number of fused-ring (bicyclic) bond motifs is 3. The van der Waals surface area contributed by atoms with Crippen LogP contribution < -0.4 is 10.2 Å². The van der Waals surface area contributed by atoms with Gasteiger partial charge in [0.05, 0.1) is 23.7 Å². The van der Waals surface area contributed by atoms with Gasteiger partial charge in [-0.25, -0.2) is 0 Å². The normalized spacial score (nSPS) is 24.9. The predicted molar refractivity (Wildman–Crippen MR) is 133 cm³/mol. The quantitative estimate of drug-likeness (QED) is 0.721. The Bertz CT molecular complexity index is 1270. The fourth-order valence-electron chi connectivity index (χ4n) is 5.88. The number of nitrogens with zero attached hydrogens (tertiary/aromatic N) is 5. The van der Waals surface area contributed by atoms with Gasteiger partial charge < -0.3 is 25.1 Å². The van der Waals surface area contributed by atoms with Crippen LogP contribution in [0.3, 0.4) is 0 Å². The number of allylic oxidation sites excluding steroid dienone is 2. The van der Waals surface area contributed by atoms with Crippen molar-refractivity contribution in [3.8, 4) is 6.07 Å². The van der Waals surface area contributed by atoms with Crippen LogP contribution in [0, 0.1) is 11.3 Å². The number of benzene rings is 1. The number of anilines is 1. The van der Waals surface area contributed by atoms with Crippen LogP contribution in [0.2, 0.25) is 0 Å². The SMILES string of the molecule is C[C@@H]1CN(c2ccc(C#N)c3ncccc23)CC2=C3CC=C(N4CCNC[C@H](O)C4)C=C3CN21. The summed E-state index contributed by atoms with van der Waals surface area (Å²) < 4.78 is 0. The van der Waals surface area contributed by atoms with Crippen LogP contribution >= 0.6 is 0 Å². The molecular formula is C27H30N6O. The number of aliphatic hydroxyl groups excluding tert-OH is 1. The number of piperazine rings is 1. The van der Waals surface area contributed by atoms with E-state index in [4.69, 9.17) is 0 Å². The van der Waals surface area contributed by atoms with E-state index in [1.165, 1.54) is 22.5 Å². The number of aliphatic hydroxyl groups is 1. The topological polar surface area (TPSA) is 78.7 Å². The Balaban J connectivity index is 1.31. The van der Waals surface area contributed by atoms with Gasteiger partial charge in [0.25, 0.3) is 0 Å². The first-order valence-electron chi connectivity index (χ1n) is 12.2. The lowest BCUT2D eigenvalue weighted by Gasteiger charge is -2.42. The second kappa shape index (κ2) is 8.46. The molecule has 0 radical (unpaired) electrons. The number of hydrogen-bond donors (Lipinski definition) is 2. The maximum absolute atomic E-state index is 10.2. The van der Waals surface area contributed by atoms with E-state index in [9.17, 15) is 10.4 Å². The maximum atomic E-state index is 10.2. The van der Waals surface area contributed by atoms with E-state index in [0.29, 0.717) is 24.7 Å². The largest absolute Gasteiger partial charge is 0.390 e. The molecule has 7 nitrogen and oxygen atoms in total. The van der Waals surface area contributed by atoms with E-state index in [-0.39, 0.29) is 6.10 Å². The molecule has 4 aliphatic rings. The zero-order valence-corrected chi connectivity index (χ0v) is 19.5. The molecular weight excluding hydrogens is 424 g/mol. The predicted octanol–water partition coefficient (Wildman–Crippen LogP) is 2.36. The van der Waals surface area contributed by atoms with Crippen molar-refractivity contribution in [2.45, 2.75) is 25.5 Å². The highest BCUT2D eigenvalue weighted by Gasteiger charge is 2.37. The zero-order valence-electron chi connectivity index (χ0n) is 19.5. The van der Waals surface area contributed by atoms with Crippen molar-refractivity contribution < 1.29 is 5.11 Å². The van der Waals surface area contributed by atoms with Crippen LogP contribution in [0.1, 0.15) is 18.9 Å². The number of aromatic nitrogens is 1. The maximum Gasteiger partial charge on any atom is 0.101 e. The summed E-state index contributed by atoms with van der Waals surface area (Å²) in [5.74, 6) is 0. The Morgan fingerprint density at radius 1 is 1.18 bits per heavy atom. The van der Waals surface area contributed by atoms with Crippen LogP contribution in [-0.4, -0.2) is 77.8 Å². The molecule has 2 N–H and O–H groups in total. The smallest absolute Gasteiger partial charge is 0.101 e. The average Bonchev–Trinajstić information content (AvgIpc) is 3.09. The molecule has 0 amide bonds. The number of nitrogens with one attached hydrogen (secondary N) is 1. The highest BCUT2D eigenvalue weighted by molar-refractivity contribution is 5.95. The van der Waals surface area contributed by atoms with Crippen LogP contribution in [0.25, 0.3) is 10.9 Å². The van der Waals surface area contributed by atoms with Gasteiger partial charge in [-0.15, -0.1) is 0 Å². The van der Waals surface area contributed by atoms with Crippen molar-refractivity contribution in [2.75, 3.05) is 50.7 Å². The fourth-order valence-corrected chi connectivity index (χ4v) is 5.88. The van der Waals surface area contributed by atoms with E-state index >= 15 is 0 Å². The Kier molecular flexibility index (Phi) is 5.28. The lowest BCUT2D eigenvalue weighted by molar-refractivity contribution is 0.146. The Morgan fingerprint density at radius 3 is 2.97 bits per heavy atom. The monoisotopic (exact) mass is 454 g/mol. The molecule has 0 unspecified atom stereocenters. The van der Waals surface area contributed by atoms with Crippen LogP contribution in [-0.2, 0) is 0 Å². The first kappa shape index (κ1) is 21.2. The van der Waals surface area contributed by atoms with E-state index in [1.807, 2.05) is 12.1 Å². The first-order valence-corrected chi connectivity index (χ1v) is 12.2. The molecule has 7 heteroatoms. The van der Waals surface area contributed by atoms with Crippen LogP contribution in [0.4, 0.5) is 5.69 Å². The summed E-state index contributed by atoms with van der Waals surface area (Å²) in [5.41, 5.74) is 8.08. The molecule has 174 valence electrons. The lowest BCUT2D eigenvalue weighted by atomic mass is 9.96. The van der Waals surface area contributed by atoms with Crippen LogP contribution in [0.5, 0.6) is 0 Å². The van der Waals surface area contributed by atoms with Crippen molar-refractivity contribution in [3.63, 3.8) is 0 Å². The minimum absolute atomic E-state index is 0.332. The minimum atomic E-state index is -0.332. The van der Waals surface area contributed by atoms with E-state index < -0.39 is 0 Å². The Hall–Kier alpha value is -3.34. The Labute approximate surface area is 200 Å². The molecule has 0 saturated carbocycles. The van der Waals surface area contributed by atoms with E-state index in [2.05, 4.69) is 62.3 Å². The molecule has 34 heavy (non-hydrogen) atoms. The first-order chi connectivity index (χ1) is 16.6. The second-order valence-corrected chi connectivity index (χ2v) is 9.73. The van der Waals surface area contributed by atoms with Gasteiger partial charge in [0.2, 0.25) is 0 Å². The van der Waals surface area contributed by atoms with Gasteiger partial charge in [0.15, 0.2) is 0 Å². The number of rotatable bonds is 2. The third kappa shape index (κ3) is 3.54. The van der Waals surface area contributed by atoms with Crippen molar-refractivity contribution in [1.82, 2.24) is 20.1 Å². The number of pyridine rings is 1. The number of hydrogen-bond acceptors (Lipinski definition) is 7. The summed E-state index contributed by atoms with van der Waals surface area (Å²) in [6.07, 6.45) is 7.04. The van der Waals surface area contributed by atoms with E-state index in [0.717, 1.165) is 55.7 Å². The summed E-state index contributed by atoms with van der Waals surface area (Å²) >= 11 is 0. The molecule has 0 spiro atoms. The zero-order chi connectivity index (χ0) is 23.2. The summed E-state index contributed by atoms with van der Waals surface area (Å²) in [6.45, 7) is 8.23. The third-order valence-electron chi connectivity index (χ3n) is 7.56. The molecule has 2 atom stereocenters. The van der Waals surface area contributed by atoms with Gasteiger partial charge in [-0.2, -0.15) is 5.26 Å². The summed E-state index contributed by atoms with van der Waals surface area (Å²) in [6, 6.07) is 10.7. The number of nitriles is 1. The van der Waals surface area contributed by atoms with E-state index in [1.54, 1.807) is 6.20 Å². The molecule has 2 saturated heterocycles. The Morgan fingerprint density at radius 2 is 2.09 bits per heavy atom. The molecule has 4 heterocycles. The average molecular weight is 455 g/mol. The summed E-state index contributed by atoms with van der Waals surface area (Å²) in [4.78, 5) is 11.8. The summed E-state index contributed by atoms with van der Waals surface area (Å²) in [7, 11) is 0.